The first-order valence-electron chi connectivity index (χ1n) is 4.78. The zero-order valence-corrected chi connectivity index (χ0v) is 10.8. The summed E-state index contributed by atoms with van der Waals surface area (Å²) in [6, 6.07) is 5.29. The van der Waals surface area contributed by atoms with Crippen molar-refractivity contribution in [3.8, 4) is 6.07 Å². The summed E-state index contributed by atoms with van der Waals surface area (Å²) in [5, 5.41) is 10.3. The summed E-state index contributed by atoms with van der Waals surface area (Å²) in [5.41, 5.74) is 1.05. The van der Waals surface area contributed by atoms with Gasteiger partial charge < -0.3 is 4.42 Å². The molecule has 2 rings (SSSR count). The number of pyridine rings is 1. The summed E-state index contributed by atoms with van der Waals surface area (Å²) < 4.78 is 5.42. The van der Waals surface area contributed by atoms with Crippen molar-refractivity contribution in [2.24, 2.45) is 0 Å². The van der Waals surface area contributed by atoms with Crippen LogP contribution in [0.15, 0.2) is 26.8 Å². The maximum absolute atomic E-state index is 8.81. The second kappa shape index (κ2) is 4.78. The summed E-state index contributed by atoms with van der Waals surface area (Å²) in [4.78, 5) is 8.32. The van der Waals surface area contributed by atoms with E-state index in [1.54, 1.807) is 12.1 Å². The van der Waals surface area contributed by atoms with Crippen LogP contribution in [0.5, 0.6) is 0 Å². The van der Waals surface area contributed by atoms with Crippen LogP contribution in [-0.4, -0.2) is 9.97 Å². The highest BCUT2D eigenvalue weighted by molar-refractivity contribution is 7.99. The van der Waals surface area contributed by atoms with Crippen molar-refractivity contribution in [2.75, 3.05) is 0 Å². The molecule has 0 aromatic carbocycles. The Kier molecular flexibility index (Phi) is 3.36. The van der Waals surface area contributed by atoms with Crippen molar-refractivity contribution in [3.63, 3.8) is 0 Å². The standard InChI is InChI=1S/C11H8ClN3OS/c1-6-7(2)16-11(14-6)17-10-4-3-8(12)9(5-13)15-10/h3-4H,1-2H3. The van der Waals surface area contributed by atoms with Crippen LogP contribution < -0.4 is 0 Å². The minimum atomic E-state index is 0.205. The third kappa shape index (κ3) is 2.60. The van der Waals surface area contributed by atoms with Crippen molar-refractivity contribution in [1.82, 2.24) is 9.97 Å². The molecule has 6 heteroatoms. The highest BCUT2D eigenvalue weighted by atomic mass is 35.5. The predicted molar refractivity (Wildman–Crippen MR) is 64.1 cm³/mol. The summed E-state index contributed by atoms with van der Waals surface area (Å²) >= 11 is 7.06. The molecule has 0 atom stereocenters. The molecule has 0 aliphatic heterocycles. The Hall–Kier alpha value is -1.51. The van der Waals surface area contributed by atoms with Gasteiger partial charge in [-0.2, -0.15) is 5.26 Å². The average Bonchev–Trinajstić information content (AvgIpc) is 2.61. The molecular formula is C11H8ClN3OS. The minimum Gasteiger partial charge on any atom is -0.436 e. The number of nitriles is 1. The molecule has 0 aliphatic carbocycles. The Morgan fingerprint density at radius 1 is 1.35 bits per heavy atom. The van der Waals surface area contributed by atoms with Gasteiger partial charge in [0, 0.05) is 0 Å². The monoisotopic (exact) mass is 265 g/mol. The fraction of sp³-hybridized carbons (Fsp3) is 0.182. The molecule has 0 saturated carbocycles. The van der Waals surface area contributed by atoms with E-state index in [4.69, 9.17) is 21.3 Å². The van der Waals surface area contributed by atoms with Gasteiger partial charge in [0.1, 0.15) is 16.9 Å². The van der Waals surface area contributed by atoms with E-state index in [2.05, 4.69) is 9.97 Å². The Bertz CT molecular complexity index is 584. The molecule has 0 spiro atoms. The zero-order valence-electron chi connectivity index (χ0n) is 9.19. The van der Waals surface area contributed by atoms with Gasteiger partial charge in [0.05, 0.1) is 10.7 Å². The molecular weight excluding hydrogens is 258 g/mol. The van der Waals surface area contributed by atoms with Crippen LogP contribution in [0.25, 0.3) is 0 Å². The Morgan fingerprint density at radius 2 is 2.12 bits per heavy atom. The average molecular weight is 266 g/mol. The number of hydrogen-bond acceptors (Lipinski definition) is 5. The number of halogens is 1. The van der Waals surface area contributed by atoms with Crippen LogP contribution in [-0.2, 0) is 0 Å². The van der Waals surface area contributed by atoms with E-state index in [9.17, 15) is 0 Å². The first kappa shape index (κ1) is 12.0. The molecule has 0 saturated heterocycles. The van der Waals surface area contributed by atoms with Gasteiger partial charge in [-0.05, 0) is 37.7 Å². The topological polar surface area (TPSA) is 62.7 Å². The van der Waals surface area contributed by atoms with E-state index < -0.39 is 0 Å². The van der Waals surface area contributed by atoms with E-state index in [0.29, 0.717) is 15.3 Å². The molecule has 4 nitrogen and oxygen atoms in total. The lowest BCUT2D eigenvalue weighted by atomic mass is 10.4. The van der Waals surface area contributed by atoms with Gasteiger partial charge >= 0.3 is 0 Å². The molecule has 2 aromatic heterocycles. The lowest BCUT2D eigenvalue weighted by Crippen LogP contribution is -1.86. The zero-order chi connectivity index (χ0) is 12.4. The maximum Gasteiger partial charge on any atom is 0.262 e. The third-order valence-electron chi connectivity index (χ3n) is 2.13. The summed E-state index contributed by atoms with van der Waals surface area (Å²) in [6.07, 6.45) is 0. The van der Waals surface area contributed by atoms with E-state index in [1.165, 1.54) is 11.8 Å². The molecule has 2 aromatic rings. The van der Waals surface area contributed by atoms with Gasteiger partial charge in [-0.15, -0.1) is 0 Å². The molecule has 86 valence electrons. The fourth-order valence-corrected chi connectivity index (χ4v) is 2.08. The summed E-state index contributed by atoms with van der Waals surface area (Å²) in [6.45, 7) is 3.72. The van der Waals surface area contributed by atoms with Crippen molar-refractivity contribution in [3.05, 3.63) is 34.3 Å². The molecule has 17 heavy (non-hydrogen) atoms. The number of aromatic nitrogens is 2. The SMILES string of the molecule is Cc1nc(Sc2ccc(Cl)c(C#N)n2)oc1C. The van der Waals surface area contributed by atoms with Crippen LogP contribution >= 0.6 is 23.4 Å². The second-order valence-electron chi connectivity index (χ2n) is 3.32. The van der Waals surface area contributed by atoms with Gasteiger partial charge in [0.2, 0.25) is 0 Å². The fourth-order valence-electron chi connectivity index (χ4n) is 1.14. The molecule has 0 amide bonds. The highest BCUT2D eigenvalue weighted by Gasteiger charge is 2.10. The third-order valence-corrected chi connectivity index (χ3v) is 3.22. The van der Waals surface area contributed by atoms with E-state index in [0.717, 1.165) is 11.5 Å². The Labute approximate surface area is 108 Å². The molecule has 0 N–H and O–H groups in total. The van der Waals surface area contributed by atoms with E-state index in [1.807, 2.05) is 19.9 Å². The van der Waals surface area contributed by atoms with Crippen molar-refractivity contribution in [2.45, 2.75) is 24.1 Å². The number of nitrogens with zero attached hydrogens (tertiary/aromatic N) is 3. The highest BCUT2D eigenvalue weighted by Crippen LogP contribution is 2.28. The summed E-state index contributed by atoms with van der Waals surface area (Å²) in [5.74, 6) is 0.780. The van der Waals surface area contributed by atoms with Gasteiger partial charge in [-0.25, -0.2) is 9.97 Å². The molecule has 2 heterocycles. The van der Waals surface area contributed by atoms with Crippen LogP contribution in [0.2, 0.25) is 5.02 Å². The van der Waals surface area contributed by atoms with Crippen molar-refractivity contribution in [1.29, 1.82) is 5.26 Å². The molecule has 0 bridgehead atoms. The second-order valence-corrected chi connectivity index (χ2v) is 4.69. The number of hydrogen-bond donors (Lipinski definition) is 0. The molecule has 0 unspecified atom stereocenters. The molecule has 0 radical (unpaired) electrons. The Morgan fingerprint density at radius 3 is 2.71 bits per heavy atom. The largest absolute Gasteiger partial charge is 0.436 e. The van der Waals surface area contributed by atoms with Gasteiger partial charge in [0.25, 0.3) is 5.22 Å². The van der Waals surface area contributed by atoms with Crippen LogP contribution in [0, 0.1) is 25.2 Å². The normalized spacial score (nSPS) is 10.2. The lowest BCUT2D eigenvalue weighted by Gasteiger charge is -1.98. The molecule has 0 fully saturated rings. The lowest BCUT2D eigenvalue weighted by molar-refractivity contribution is 0.431. The number of rotatable bonds is 2. The smallest absolute Gasteiger partial charge is 0.262 e. The van der Waals surface area contributed by atoms with Gasteiger partial charge in [-0.3, -0.25) is 0 Å². The number of aryl methyl sites for hydroxylation is 2. The van der Waals surface area contributed by atoms with Crippen LogP contribution in [0.1, 0.15) is 17.1 Å². The predicted octanol–water partition coefficient (Wildman–Crippen LogP) is 3.36. The van der Waals surface area contributed by atoms with Crippen molar-refractivity contribution < 1.29 is 4.42 Å². The first-order valence-corrected chi connectivity index (χ1v) is 5.98. The van der Waals surface area contributed by atoms with E-state index >= 15 is 0 Å². The first-order chi connectivity index (χ1) is 8.10. The minimum absolute atomic E-state index is 0.205. The number of oxazole rings is 1. The van der Waals surface area contributed by atoms with Gasteiger partial charge in [-0.1, -0.05) is 11.6 Å². The van der Waals surface area contributed by atoms with E-state index in [-0.39, 0.29) is 5.69 Å². The summed E-state index contributed by atoms with van der Waals surface area (Å²) in [7, 11) is 0. The van der Waals surface area contributed by atoms with Crippen molar-refractivity contribution >= 4 is 23.4 Å². The maximum atomic E-state index is 8.81. The molecule has 0 aliphatic rings. The van der Waals surface area contributed by atoms with Crippen LogP contribution in [0.3, 0.4) is 0 Å². The quantitative estimate of drug-likeness (QED) is 0.833. The van der Waals surface area contributed by atoms with Crippen LogP contribution in [0.4, 0.5) is 0 Å². The Balaban J connectivity index is 2.28. The van der Waals surface area contributed by atoms with Gasteiger partial charge in [0.15, 0.2) is 5.69 Å².